The lowest BCUT2D eigenvalue weighted by Gasteiger charge is -2.26. The van der Waals surface area contributed by atoms with Crippen molar-refractivity contribution in [3.05, 3.63) is 34.9 Å². The van der Waals surface area contributed by atoms with Crippen LogP contribution in [0.5, 0.6) is 0 Å². The van der Waals surface area contributed by atoms with Crippen LogP contribution in [0.3, 0.4) is 0 Å². The van der Waals surface area contributed by atoms with Crippen molar-refractivity contribution in [1.82, 2.24) is 5.32 Å². The molecule has 22 heavy (non-hydrogen) atoms. The predicted molar refractivity (Wildman–Crippen MR) is 88.1 cm³/mol. The van der Waals surface area contributed by atoms with Crippen LogP contribution in [0, 0.1) is 5.41 Å². The number of carbonyl (C=O) groups is 2. The first-order valence-corrected chi connectivity index (χ1v) is 8.06. The van der Waals surface area contributed by atoms with Crippen molar-refractivity contribution >= 4 is 23.5 Å². The summed E-state index contributed by atoms with van der Waals surface area (Å²) in [6.45, 7) is 3.86. The van der Waals surface area contributed by atoms with Gasteiger partial charge < -0.3 is 10.4 Å². The molecular weight excluding hydrogens is 302 g/mol. The zero-order valence-corrected chi connectivity index (χ0v) is 13.9. The molecule has 0 aliphatic rings. The Balaban J connectivity index is 2.37. The van der Waals surface area contributed by atoms with Gasteiger partial charge in [-0.3, -0.25) is 9.59 Å². The monoisotopic (exact) mass is 325 g/mol. The van der Waals surface area contributed by atoms with Crippen molar-refractivity contribution in [2.45, 2.75) is 46.0 Å². The molecule has 1 aromatic carbocycles. The summed E-state index contributed by atoms with van der Waals surface area (Å²) in [4.78, 5) is 23.2. The molecule has 0 fully saturated rings. The SMILES string of the molecule is CCC(CC)(CNC(=O)CCCc1ccc(Cl)cc1)C(=O)O. The Kier molecular flexibility index (Phi) is 7.39. The zero-order chi connectivity index (χ0) is 16.6. The standard InChI is InChI=1S/C17H24ClNO3/c1-3-17(4-2,16(21)22)12-19-15(20)7-5-6-13-8-10-14(18)11-9-13/h8-11H,3-7,12H2,1-2H3,(H,19,20)(H,21,22). The number of hydrogen-bond acceptors (Lipinski definition) is 2. The maximum Gasteiger partial charge on any atom is 0.311 e. The minimum atomic E-state index is -0.855. The van der Waals surface area contributed by atoms with Crippen molar-refractivity contribution < 1.29 is 14.7 Å². The molecule has 122 valence electrons. The Morgan fingerprint density at radius 1 is 1.18 bits per heavy atom. The second kappa shape index (κ2) is 8.79. The Morgan fingerprint density at radius 2 is 1.77 bits per heavy atom. The van der Waals surface area contributed by atoms with Gasteiger partial charge in [0, 0.05) is 18.0 Å². The molecule has 0 unspecified atom stereocenters. The quantitative estimate of drug-likeness (QED) is 0.728. The Bertz CT molecular complexity index is 495. The molecule has 1 aromatic rings. The summed E-state index contributed by atoms with van der Waals surface area (Å²) in [6.07, 6.45) is 2.93. The van der Waals surface area contributed by atoms with E-state index in [1.165, 1.54) is 0 Å². The number of hydrogen-bond donors (Lipinski definition) is 2. The topological polar surface area (TPSA) is 66.4 Å². The van der Waals surface area contributed by atoms with Crippen molar-refractivity contribution in [3.63, 3.8) is 0 Å². The Morgan fingerprint density at radius 3 is 2.27 bits per heavy atom. The van der Waals surface area contributed by atoms with E-state index in [9.17, 15) is 14.7 Å². The first-order valence-electron chi connectivity index (χ1n) is 7.68. The highest BCUT2D eigenvalue weighted by Crippen LogP contribution is 2.25. The van der Waals surface area contributed by atoms with Gasteiger partial charge in [0.1, 0.15) is 0 Å². The number of amides is 1. The summed E-state index contributed by atoms with van der Waals surface area (Å²) in [6, 6.07) is 7.56. The molecule has 4 nitrogen and oxygen atoms in total. The van der Waals surface area contributed by atoms with E-state index in [1.54, 1.807) is 0 Å². The number of halogens is 1. The first kappa shape index (κ1) is 18.5. The largest absolute Gasteiger partial charge is 0.481 e. The van der Waals surface area contributed by atoms with Gasteiger partial charge in [0.15, 0.2) is 0 Å². The summed E-state index contributed by atoms with van der Waals surface area (Å²) >= 11 is 5.82. The van der Waals surface area contributed by atoms with E-state index in [-0.39, 0.29) is 12.5 Å². The molecule has 1 rings (SSSR count). The summed E-state index contributed by atoms with van der Waals surface area (Å²) in [5, 5.41) is 12.8. The molecule has 0 bridgehead atoms. The molecule has 0 saturated heterocycles. The lowest BCUT2D eigenvalue weighted by molar-refractivity contribution is -0.149. The van der Waals surface area contributed by atoms with Crippen LogP contribution in [0.15, 0.2) is 24.3 Å². The number of carbonyl (C=O) groups excluding carboxylic acids is 1. The zero-order valence-electron chi connectivity index (χ0n) is 13.2. The molecule has 1 amide bonds. The van der Waals surface area contributed by atoms with Crippen molar-refractivity contribution in [2.75, 3.05) is 6.54 Å². The highest BCUT2D eigenvalue weighted by atomic mass is 35.5. The lowest BCUT2D eigenvalue weighted by Crippen LogP contribution is -2.42. The Hall–Kier alpha value is -1.55. The lowest BCUT2D eigenvalue weighted by atomic mass is 9.82. The van der Waals surface area contributed by atoms with Gasteiger partial charge in [-0.2, -0.15) is 0 Å². The van der Waals surface area contributed by atoms with Gasteiger partial charge in [-0.25, -0.2) is 0 Å². The molecule has 0 aliphatic heterocycles. The van der Waals surface area contributed by atoms with E-state index in [2.05, 4.69) is 5.32 Å². The number of carboxylic acids is 1. The maximum atomic E-state index is 11.9. The van der Waals surface area contributed by atoms with Crippen molar-refractivity contribution in [3.8, 4) is 0 Å². The summed E-state index contributed by atoms with van der Waals surface area (Å²) < 4.78 is 0. The van der Waals surface area contributed by atoms with E-state index in [4.69, 9.17) is 11.6 Å². The van der Waals surface area contributed by atoms with Crippen LogP contribution in [-0.2, 0) is 16.0 Å². The van der Waals surface area contributed by atoms with Gasteiger partial charge >= 0.3 is 5.97 Å². The second-order valence-electron chi connectivity index (χ2n) is 5.55. The number of benzene rings is 1. The third-order valence-corrected chi connectivity index (χ3v) is 4.47. The van der Waals surface area contributed by atoms with E-state index in [1.807, 2.05) is 38.1 Å². The maximum absolute atomic E-state index is 11.9. The van der Waals surface area contributed by atoms with Crippen LogP contribution in [0.2, 0.25) is 5.02 Å². The first-order chi connectivity index (χ1) is 10.4. The molecule has 2 N–H and O–H groups in total. The molecule has 0 atom stereocenters. The summed E-state index contributed by atoms with van der Waals surface area (Å²) in [5.41, 5.74) is 0.283. The van der Waals surface area contributed by atoms with Gasteiger partial charge in [-0.1, -0.05) is 37.6 Å². The van der Waals surface area contributed by atoms with Gasteiger partial charge in [0.05, 0.1) is 5.41 Å². The summed E-state index contributed by atoms with van der Waals surface area (Å²) in [5.74, 6) is -0.944. The van der Waals surface area contributed by atoms with Crippen LogP contribution in [0.1, 0.15) is 45.1 Å². The van der Waals surface area contributed by atoms with Crippen LogP contribution < -0.4 is 5.32 Å². The fourth-order valence-corrected chi connectivity index (χ4v) is 2.46. The van der Waals surface area contributed by atoms with Crippen LogP contribution in [0.4, 0.5) is 0 Å². The van der Waals surface area contributed by atoms with E-state index in [0.29, 0.717) is 24.3 Å². The average molecular weight is 326 g/mol. The number of aliphatic carboxylic acids is 1. The predicted octanol–water partition coefficient (Wildman–Crippen LogP) is 3.67. The number of carboxylic acid groups (broad SMARTS) is 1. The smallest absolute Gasteiger partial charge is 0.311 e. The number of rotatable bonds is 9. The molecule has 0 radical (unpaired) electrons. The van der Waals surface area contributed by atoms with Gasteiger partial charge in [-0.15, -0.1) is 0 Å². The average Bonchev–Trinajstić information content (AvgIpc) is 2.50. The normalized spacial score (nSPS) is 11.2. The van der Waals surface area contributed by atoms with Gasteiger partial charge in [0.2, 0.25) is 5.91 Å². The fourth-order valence-electron chi connectivity index (χ4n) is 2.34. The summed E-state index contributed by atoms with van der Waals surface area (Å²) in [7, 11) is 0. The van der Waals surface area contributed by atoms with Crippen molar-refractivity contribution in [1.29, 1.82) is 0 Å². The third-order valence-electron chi connectivity index (χ3n) is 4.21. The second-order valence-corrected chi connectivity index (χ2v) is 5.99. The minimum absolute atomic E-state index is 0.0958. The van der Waals surface area contributed by atoms with Gasteiger partial charge in [-0.05, 0) is 43.4 Å². The van der Waals surface area contributed by atoms with Crippen LogP contribution in [0.25, 0.3) is 0 Å². The molecule has 0 heterocycles. The van der Waals surface area contributed by atoms with Crippen molar-refractivity contribution in [2.24, 2.45) is 5.41 Å². The molecular formula is C17H24ClNO3. The molecule has 5 heteroatoms. The van der Waals surface area contributed by atoms with Crippen LogP contribution in [-0.4, -0.2) is 23.5 Å². The Labute approximate surface area is 136 Å². The van der Waals surface area contributed by atoms with E-state index >= 15 is 0 Å². The number of nitrogens with one attached hydrogen (secondary N) is 1. The van der Waals surface area contributed by atoms with Gasteiger partial charge in [0.25, 0.3) is 0 Å². The minimum Gasteiger partial charge on any atom is -0.481 e. The van der Waals surface area contributed by atoms with E-state index in [0.717, 1.165) is 18.4 Å². The fraction of sp³-hybridized carbons (Fsp3) is 0.529. The third kappa shape index (κ3) is 5.34. The van der Waals surface area contributed by atoms with E-state index < -0.39 is 11.4 Å². The molecule has 0 aliphatic carbocycles. The molecule has 0 spiro atoms. The highest BCUT2D eigenvalue weighted by Gasteiger charge is 2.34. The highest BCUT2D eigenvalue weighted by molar-refractivity contribution is 6.30. The molecule has 0 saturated carbocycles. The van der Waals surface area contributed by atoms with Crippen LogP contribution >= 0.6 is 11.6 Å². The molecule has 0 aromatic heterocycles. The number of aryl methyl sites for hydroxylation is 1.